The standard InChI is InChI=1S/C23H25NO5/c25-22(24-10-7-16-5-6-17(23(26)27)13-19(16)14-24)21-4-2-1-3-18(21)15-29-20-8-11-28-12-9-20/h1-6,13,20H,7-12,14-15H2,(H,26,27). The number of benzene rings is 2. The van der Waals surface area contributed by atoms with Crippen molar-refractivity contribution in [1.82, 2.24) is 4.90 Å². The quantitative estimate of drug-likeness (QED) is 0.841. The molecule has 6 nitrogen and oxygen atoms in total. The number of carboxylic acid groups (broad SMARTS) is 1. The molecule has 2 aliphatic rings. The largest absolute Gasteiger partial charge is 0.478 e. The highest BCUT2D eigenvalue weighted by molar-refractivity contribution is 5.96. The van der Waals surface area contributed by atoms with Crippen LogP contribution in [0.3, 0.4) is 0 Å². The number of aromatic carboxylic acids is 1. The van der Waals surface area contributed by atoms with E-state index in [1.807, 2.05) is 30.3 Å². The molecule has 0 unspecified atom stereocenters. The summed E-state index contributed by atoms with van der Waals surface area (Å²) in [5.74, 6) is -0.991. The predicted octanol–water partition coefficient (Wildman–Crippen LogP) is 3.28. The summed E-state index contributed by atoms with van der Waals surface area (Å²) in [7, 11) is 0. The van der Waals surface area contributed by atoms with Gasteiger partial charge in [0.2, 0.25) is 0 Å². The molecular weight excluding hydrogens is 370 g/mol. The smallest absolute Gasteiger partial charge is 0.335 e. The third-order valence-electron chi connectivity index (χ3n) is 5.64. The molecule has 0 radical (unpaired) electrons. The summed E-state index contributed by atoms with van der Waals surface area (Å²) in [6.45, 7) is 2.88. The van der Waals surface area contributed by atoms with Crippen LogP contribution in [0.1, 0.15) is 50.2 Å². The lowest BCUT2D eigenvalue weighted by Gasteiger charge is -2.30. The molecule has 2 aliphatic heterocycles. The van der Waals surface area contributed by atoms with E-state index in [2.05, 4.69) is 0 Å². The lowest BCUT2D eigenvalue weighted by Crippen LogP contribution is -2.36. The van der Waals surface area contributed by atoms with Crippen molar-refractivity contribution in [3.63, 3.8) is 0 Å². The second-order valence-corrected chi connectivity index (χ2v) is 7.55. The zero-order valence-electron chi connectivity index (χ0n) is 16.3. The van der Waals surface area contributed by atoms with Gasteiger partial charge in [-0.2, -0.15) is 0 Å². The van der Waals surface area contributed by atoms with Crippen LogP contribution in [-0.4, -0.2) is 47.7 Å². The van der Waals surface area contributed by atoms with Crippen LogP contribution in [0.5, 0.6) is 0 Å². The Labute approximate surface area is 170 Å². The first-order valence-corrected chi connectivity index (χ1v) is 10.0. The van der Waals surface area contributed by atoms with Crippen molar-refractivity contribution >= 4 is 11.9 Å². The Bertz CT molecular complexity index is 904. The number of hydrogen-bond acceptors (Lipinski definition) is 4. The third kappa shape index (κ3) is 4.49. The van der Waals surface area contributed by atoms with Crippen LogP contribution in [0.25, 0.3) is 0 Å². The minimum atomic E-state index is -0.952. The molecule has 1 saturated heterocycles. The number of nitrogens with zero attached hydrogens (tertiary/aromatic N) is 1. The summed E-state index contributed by atoms with van der Waals surface area (Å²) in [5, 5.41) is 9.24. The highest BCUT2D eigenvalue weighted by Gasteiger charge is 2.24. The van der Waals surface area contributed by atoms with Crippen LogP contribution in [0.4, 0.5) is 0 Å². The van der Waals surface area contributed by atoms with E-state index >= 15 is 0 Å². The Balaban J connectivity index is 1.48. The van der Waals surface area contributed by atoms with Crippen LogP contribution in [-0.2, 0) is 29.0 Å². The molecule has 2 aromatic rings. The van der Waals surface area contributed by atoms with Crippen molar-refractivity contribution in [3.05, 3.63) is 70.3 Å². The first-order valence-electron chi connectivity index (χ1n) is 10.0. The minimum Gasteiger partial charge on any atom is -0.478 e. The van der Waals surface area contributed by atoms with Gasteiger partial charge in [-0.05, 0) is 54.2 Å². The van der Waals surface area contributed by atoms with Gasteiger partial charge in [0.15, 0.2) is 0 Å². The fourth-order valence-electron chi connectivity index (χ4n) is 3.94. The Morgan fingerprint density at radius 1 is 1.10 bits per heavy atom. The van der Waals surface area contributed by atoms with Crippen molar-refractivity contribution < 1.29 is 24.2 Å². The number of carboxylic acids is 1. The number of carbonyl (C=O) groups excluding carboxylic acids is 1. The van der Waals surface area contributed by atoms with E-state index in [1.165, 1.54) is 0 Å². The first-order chi connectivity index (χ1) is 14.1. The van der Waals surface area contributed by atoms with Crippen LogP contribution < -0.4 is 0 Å². The fourth-order valence-corrected chi connectivity index (χ4v) is 3.94. The number of fused-ring (bicyclic) bond motifs is 1. The number of ether oxygens (including phenoxy) is 2. The zero-order chi connectivity index (χ0) is 20.2. The summed E-state index contributed by atoms with van der Waals surface area (Å²) in [4.78, 5) is 26.3. The van der Waals surface area contributed by atoms with E-state index in [0.29, 0.717) is 25.3 Å². The molecule has 0 saturated carbocycles. The second-order valence-electron chi connectivity index (χ2n) is 7.55. The Morgan fingerprint density at radius 3 is 2.69 bits per heavy atom. The fraction of sp³-hybridized carbons (Fsp3) is 0.391. The summed E-state index contributed by atoms with van der Waals surface area (Å²) in [6.07, 6.45) is 2.65. The third-order valence-corrected chi connectivity index (χ3v) is 5.64. The van der Waals surface area contributed by atoms with Gasteiger partial charge in [0.1, 0.15) is 0 Å². The van der Waals surface area contributed by atoms with Gasteiger partial charge >= 0.3 is 5.97 Å². The molecule has 1 N–H and O–H groups in total. The Hall–Kier alpha value is -2.70. The average molecular weight is 395 g/mol. The maximum atomic E-state index is 13.2. The van der Waals surface area contributed by atoms with E-state index in [9.17, 15) is 14.7 Å². The molecule has 1 fully saturated rings. The number of carbonyl (C=O) groups is 2. The number of rotatable bonds is 5. The van der Waals surface area contributed by atoms with Crippen LogP contribution in [0, 0.1) is 0 Å². The van der Waals surface area contributed by atoms with Gasteiger partial charge in [-0.15, -0.1) is 0 Å². The van der Waals surface area contributed by atoms with Gasteiger partial charge in [0, 0.05) is 31.9 Å². The zero-order valence-corrected chi connectivity index (χ0v) is 16.3. The number of amides is 1. The monoisotopic (exact) mass is 395 g/mol. The van der Waals surface area contributed by atoms with Gasteiger partial charge in [-0.25, -0.2) is 4.79 Å². The van der Waals surface area contributed by atoms with Gasteiger partial charge < -0.3 is 19.5 Å². The predicted molar refractivity (Wildman–Crippen MR) is 107 cm³/mol. The molecule has 6 heteroatoms. The summed E-state index contributed by atoms with van der Waals surface area (Å²) in [5.41, 5.74) is 3.80. The van der Waals surface area contributed by atoms with Gasteiger partial charge in [-0.3, -0.25) is 4.79 Å². The average Bonchev–Trinajstić information content (AvgIpc) is 2.77. The van der Waals surface area contributed by atoms with Crippen molar-refractivity contribution in [2.24, 2.45) is 0 Å². The van der Waals surface area contributed by atoms with Gasteiger partial charge in [0.25, 0.3) is 5.91 Å². The summed E-state index contributed by atoms with van der Waals surface area (Å²) in [6, 6.07) is 12.7. The maximum Gasteiger partial charge on any atom is 0.335 e. The molecule has 0 aliphatic carbocycles. The van der Waals surface area contributed by atoms with Gasteiger partial charge in [-0.1, -0.05) is 24.3 Å². The molecule has 29 heavy (non-hydrogen) atoms. The van der Waals surface area contributed by atoms with Crippen molar-refractivity contribution in [2.45, 2.75) is 38.5 Å². The topological polar surface area (TPSA) is 76.1 Å². The molecule has 0 aromatic heterocycles. The van der Waals surface area contributed by atoms with Crippen LogP contribution >= 0.6 is 0 Å². The second kappa shape index (κ2) is 8.76. The van der Waals surface area contributed by atoms with Crippen molar-refractivity contribution in [1.29, 1.82) is 0 Å². The van der Waals surface area contributed by atoms with Crippen LogP contribution in [0.15, 0.2) is 42.5 Å². The molecular formula is C23H25NO5. The molecule has 1 amide bonds. The van der Waals surface area contributed by atoms with E-state index in [-0.39, 0.29) is 17.6 Å². The van der Waals surface area contributed by atoms with E-state index in [0.717, 1.165) is 49.2 Å². The molecule has 4 rings (SSSR count). The van der Waals surface area contributed by atoms with Gasteiger partial charge in [0.05, 0.1) is 18.3 Å². The molecule has 0 spiro atoms. The van der Waals surface area contributed by atoms with E-state index in [4.69, 9.17) is 9.47 Å². The van der Waals surface area contributed by atoms with Crippen molar-refractivity contribution in [3.8, 4) is 0 Å². The Kier molecular flexibility index (Phi) is 5.92. The lowest BCUT2D eigenvalue weighted by molar-refractivity contribution is -0.0392. The van der Waals surface area contributed by atoms with E-state index < -0.39 is 5.97 Å². The van der Waals surface area contributed by atoms with Crippen LogP contribution in [0.2, 0.25) is 0 Å². The molecule has 2 heterocycles. The Morgan fingerprint density at radius 2 is 1.90 bits per heavy atom. The van der Waals surface area contributed by atoms with E-state index in [1.54, 1.807) is 17.0 Å². The highest BCUT2D eigenvalue weighted by atomic mass is 16.5. The molecule has 0 atom stereocenters. The first kappa shape index (κ1) is 19.6. The van der Waals surface area contributed by atoms with Crippen molar-refractivity contribution in [2.75, 3.05) is 19.8 Å². The SMILES string of the molecule is O=C(O)c1ccc2c(c1)CN(C(=O)c1ccccc1COC1CCOCC1)CC2. The summed E-state index contributed by atoms with van der Waals surface area (Å²) < 4.78 is 11.4. The molecule has 0 bridgehead atoms. The minimum absolute atomic E-state index is 0.0393. The molecule has 152 valence electrons. The highest BCUT2D eigenvalue weighted by Crippen LogP contribution is 2.24. The maximum absolute atomic E-state index is 13.2. The number of hydrogen-bond donors (Lipinski definition) is 1. The molecule has 2 aromatic carbocycles. The summed E-state index contributed by atoms with van der Waals surface area (Å²) >= 11 is 0. The lowest BCUT2D eigenvalue weighted by atomic mass is 9.96. The normalized spacial score (nSPS) is 17.0.